The SMILES string of the molecule is [2H]c1c([2H])c([2H])c(N(c2ccccc2)c2ccc(-c3ccccc3-c3cccc4c3-c3cc5ccccc5cc3C43c4ccccc4-c4ccccc43)cc2)c([2H])c1[2H]. The van der Waals surface area contributed by atoms with Crippen molar-refractivity contribution in [2.75, 3.05) is 4.90 Å². The number of nitrogens with zero attached hydrogens (tertiary/aromatic N) is 1. The summed E-state index contributed by atoms with van der Waals surface area (Å²) in [5, 5.41) is 2.42. The molecule has 1 spiro atoms. The zero-order chi connectivity index (χ0) is 40.0. The van der Waals surface area contributed by atoms with Gasteiger partial charge in [-0.2, -0.15) is 0 Å². The number of hydrogen-bond acceptors (Lipinski definition) is 1. The zero-order valence-corrected chi connectivity index (χ0v) is 29.3. The summed E-state index contributed by atoms with van der Waals surface area (Å²) in [7, 11) is 0. The normalized spacial score (nSPS) is 14.3. The van der Waals surface area contributed by atoms with Gasteiger partial charge in [0.05, 0.1) is 12.3 Å². The Morgan fingerprint density at radius 3 is 1.59 bits per heavy atom. The van der Waals surface area contributed by atoms with E-state index in [1.807, 2.05) is 42.5 Å². The third-order valence-corrected chi connectivity index (χ3v) is 11.4. The molecule has 1 heteroatoms. The van der Waals surface area contributed by atoms with Gasteiger partial charge in [0.2, 0.25) is 0 Å². The van der Waals surface area contributed by atoms with Gasteiger partial charge in [0.1, 0.15) is 0 Å². The van der Waals surface area contributed by atoms with E-state index in [1.54, 1.807) is 4.90 Å². The molecule has 0 N–H and O–H groups in total. The van der Waals surface area contributed by atoms with E-state index in [9.17, 15) is 0 Å². The standard InChI is InChI=1S/C53H35N/c1-3-18-39(19-4-1)54(40-20-5-2-6-21-40)41-32-30-36(31-33-41)42-22-9-10-23-43(42)46-26-15-29-50-52(46)47-34-37-16-7-8-17-38(37)35-51(47)53(50)48-27-13-11-24-44(48)45-25-12-14-28-49(45)53/h1-35H/i1D,3D,4D,18D,19D. The number of rotatable bonds is 5. The Labute approximate surface area is 323 Å². The summed E-state index contributed by atoms with van der Waals surface area (Å²) in [6.07, 6.45) is 0. The molecule has 0 amide bonds. The van der Waals surface area contributed by atoms with Crippen LogP contribution in [-0.2, 0) is 5.41 Å². The van der Waals surface area contributed by atoms with Crippen LogP contribution >= 0.6 is 0 Å². The molecule has 0 aliphatic heterocycles. The molecule has 0 radical (unpaired) electrons. The van der Waals surface area contributed by atoms with E-state index in [0.29, 0.717) is 11.4 Å². The van der Waals surface area contributed by atoms with Crippen molar-refractivity contribution in [3.63, 3.8) is 0 Å². The predicted octanol–water partition coefficient (Wildman–Crippen LogP) is 14.0. The summed E-state index contributed by atoms with van der Waals surface area (Å²) in [5.41, 5.74) is 15.5. The second kappa shape index (κ2) is 12.0. The van der Waals surface area contributed by atoms with E-state index in [1.165, 1.54) is 55.3 Å². The molecule has 0 fully saturated rings. The van der Waals surface area contributed by atoms with Crippen LogP contribution in [0.5, 0.6) is 0 Å². The first-order valence-electron chi connectivity index (χ1n) is 20.9. The van der Waals surface area contributed by atoms with Gasteiger partial charge in [-0.15, -0.1) is 0 Å². The monoisotopic (exact) mass is 690 g/mol. The second-order valence-electron chi connectivity index (χ2n) is 14.1. The highest BCUT2D eigenvalue weighted by Gasteiger charge is 2.52. The third kappa shape index (κ3) is 4.39. The van der Waals surface area contributed by atoms with Gasteiger partial charge >= 0.3 is 0 Å². The third-order valence-electron chi connectivity index (χ3n) is 11.4. The summed E-state index contributed by atoms with van der Waals surface area (Å²) in [6.45, 7) is 0. The number of para-hydroxylation sites is 2. The Morgan fingerprint density at radius 2 is 0.889 bits per heavy atom. The molecule has 0 heterocycles. The average Bonchev–Trinajstić information content (AvgIpc) is 3.75. The van der Waals surface area contributed by atoms with E-state index in [-0.39, 0.29) is 29.9 Å². The lowest BCUT2D eigenvalue weighted by molar-refractivity contribution is 0.795. The zero-order valence-electron chi connectivity index (χ0n) is 34.3. The lowest BCUT2D eigenvalue weighted by atomic mass is 9.70. The van der Waals surface area contributed by atoms with Gasteiger partial charge < -0.3 is 4.90 Å². The Morgan fingerprint density at radius 1 is 0.352 bits per heavy atom. The lowest BCUT2D eigenvalue weighted by Crippen LogP contribution is -2.25. The molecular weight excluding hydrogens is 651 g/mol. The maximum atomic E-state index is 8.85. The molecule has 0 atom stereocenters. The average molecular weight is 691 g/mol. The Hall–Kier alpha value is -6.96. The number of fused-ring (bicyclic) bond motifs is 11. The molecule has 1 nitrogen and oxygen atoms in total. The summed E-state index contributed by atoms with van der Waals surface area (Å²) >= 11 is 0. The van der Waals surface area contributed by atoms with E-state index in [0.717, 1.165) is 22.3 Å². The maximum absolute atomic E-state index is 8.85. The summed E-state index contributed by atoms with van der Waals surface area (Å²) < 4.78 is 42.8. The fourth-order valence-electron chi connectivity index (χ4n) is 9.20. The van der Waals surface area contributed by atoms with Gasteiger partial charge in [0.25, 0.3) is 0 Å². The van der Waals surface area contributed by atoms with E-state index in [2.05, 4.69) is 140 Å². The van der Waals surface area contributed by atoms with E-state index in [4.69, 9.17) is 6.85 Å². The molecule has 0 unspecified atom stereocenters. The molecule has 0 aromatic heterocycles. The minimum atomic E-state index is -0.487. The summed E-state index contributed by atoms with van der Waals surface area (Å²) in [4.78, 5) is 1.75. The molecule has 2 aliphatic rings. The number of hydrogen-bond donors (Lipinski definition) is 0. The molecule has 0 saturated carbocycles. The number of benzene rings is 9. The highest BCUT2D eigenvalue weighted by molar-refractivity contribution is 6.05. The van der Waals surface area contributed by atoms with Gasteiger partial charge in [-0.3, -0.25) is 0 Å². The fourth-order valence-corrected chi connectivity index (χ4v) is 9.20. The Bertz CT molecular complexity index is 3100. The Balaban J connectivity index is 1.11. The fraction of sp³-hybridized carbons (Fsp3) is 0.0189. The largest absolute Gasteiger partial charge is 0.311 e. The van der Waals surface area contributed by atoms with Crippen LogP contribution < -0.4 is 4.90 Å². The van der Waals surface area contributed by atoms with Gasteiger partial charge in [-0.05, 0) is 126 Å². The van der Waals surface area contributed by atoms with Crippen LogP contribution in [-0.4, -0.2) is 0 Å². The second-order valence-corrected chi connectivity index (χ2v) is 14.1. The highest BCUT2D eigenvalue weighted by Crippen LogP contribution is 2.64. The van der Waals surface area contributed by atoms with Crippen molar-refractivity contribution >= 4 is 27.8 Å². The predicted molar refractivity (Wildman–Crippen MR) is 226 cm³/mol. The van der Waals surface area contributed by atoms with Crippen LogP contribution in [0.1, 0.15) is 29.1 Å². The smallest absolute Gasteiger partial charge is 0.0725 e. The molecule has 0 bridgehead atoms. The topological polar surface area (TPSA) is 3.24 Å². The van der Waals surface area contributed by atoms with Gasteiger partial charge in [0.15, 0.2) is 0 Å². The first-order valence-corrected chi connectivity index (χ1v) is 18.4. The Kier molecular flexibility index (Phi) is 5.78. The minimum absolute atomic E-state index is 0.102. The van der Waals surface area contributed by atoms with Gasteiger partial charge in [-0.1, -0.05) is 164 Å². The lowest BCUT2D eigenvalue weighted by Gasteiger charge is -2.30. The molecule has 11 rings (SSSR count). The molecule has 2 aliphatic carbocycles. The highest BCUT2D eigenvalue weighted by atomic mass is 15.1. The van der Waals surface area contributed by atoms with Crippen LogP contribution in [0.2, 0.25) is 0 Å². The van der Waals surface area contributed by atoms with Crippen LogP contribution in [0.25, 0.3) is 55.3 Å². The molecular formula is C53H35N. The van der Waals surface area contributed by atoms with E-state index >= 15 is 0 Å². The molecule has 9 aromatic rings. The van der Waals surface area contributed by atoms with Gasteiger partial charge in [-0.25, -0.2) is 0 Å². The van der Waals surface area contributed by atoms with Crippen molar-refractivity contribution in [1.29, 1.82) is 0 Å². The van der Waals surface area contributed by atoms with Crippen molar-refractivity contribution in [2.45, 2.75) is 5.41 Å². The van der Waals surface area contributed by atoms with Crippen LogP contribution in [0.4, 0.5) is 17.1 Å². The summed E-state index contributed by atoms with van der Waals surface area (Å²) in [5.74, 6) is 0. The molecule has 9 aromatic carbocycles. The van der Waals surface area contributed by atoms with Crippen molar-refractivity contribution < 1.29 is 6.85 Å². The first kappa shape index (κ1) is 25.9. The quantitative estimate of drug-likeness (QED) is 0.174. The molecule has 252 valence electrons. The molecule has 0 saturated heterocycles. The molecule has 54 heavy (non-hydrogen) atoms. The van der Waals surface area contributed by atoms with Crippen LogP contribution in [0.15, 0.2) is 212 Å². The van der Waals surface area contributed by atoms with Crippen molar-refractivity contribution in [3.8, 4) is 44.5 Å². The van der Waals surface area contributed by atoms with Crippen molar-refractivity contribution in [1.82, 2.24) is 0 Å². The van der Waals surface area contributed by atoms with E-state index < -0.39 is 11.5 Å². The minimum Gasteiger partial charge on any atom is -0.311 e. The van der Waals surface area contributed by atoms with Crippen molar-refractivity contribution in [3.05, 3.63) is 234 Å². The number of anilines is 3. The maximum Gasteiger partial charge on any atom is 0.0725 e. The summed E-state index contributed by atoms with van der Waals surface area (Å²) in [6, 6.07) is 62.4. The van der Waals surface area contributed by atoms with Gasteiger partial charge in [0, 0.05) is 17.1 Å². The van der Waals surface area contributed by atoms with Crippen molar-refractivity contribution in [2.24, 2.45) is 0 Å². The first-order chi connectivity index (χ1) is 28.9. The van der Waals surface area contributed by atoms with Crippen LogP contribution in [0.3, 0.4) is 0 Å². The van der Waals surface area contributed by atoms with Crippen LogP contribution in [0, 0.1) is 0 Å².